The van der Waals surface area contributed by atoms with Gasteiger partial charge in [-0.05, 0) is 26.7 Å². The molecule has 0 aromatic carbocycles. The lowest BCUT2D eigenvalue weighted by Crippen LogP contribution is -2.20. The van der Waals surface area contributed by atoms with Crippen molar-refractivity contribution in [3.8, 4) is 0 Å². The lowest BCUT2D eigenvalue weighted by molar-refractivity contribution is -0.142. The SMILES string of the molecule is CCOC(=O)C(I)CCCC(I)C(=O)OCC. The van der Waals surface area contributed by atoms with E-state index >= 15 is 0 Å². The smallest absolute Gasteiger partial charge is 0.318 e. The fourth-order valence-electron chi connectivity index (χ4n) is 1.18. The van der Waals surface area contributed by atoms with Gasteiger partial charge < -0.3 is 9.47 Å². The number of alkyl halides is 2. The fourth-order valence-corrected chi connectivity index (χ4v) is 2.42. The van der Waals surface area contributed by atoms with Gasteiger partial charge in [-0.1, -0.05) is 51.6 Å². The van der Waals surface area contributed by atoms with Crippen LogP contribution in [0.15, 0.2) is 0 Å². The molecular formula is C11H18I2O4. The van der Waals surface area contributed by atoms with Crippen molar-refractivity contribution in [3.63, 3.8) is 0 Å². The quantitative estimate of drug-likeness (QED) is 0.313. The molecule has 0 aromatic heterocycles. The van der Waals surface area contributed by atoms with Crippen LogP contribution < -0.4 is 0 Å². The Morgan fingerprint density at radius 3 is 1.59 bits per heavy atom. The van der Waals surface area contributed by atoms with Gasteiger partial charge in [0.2, 0.25) is 0 Å². The number of halogens is 2. The maximum Gasteiger partial charge on any atom is 0.318 e. The Morgan fingerprint density at radius 1 is 0.941 bits per heavy atom. The Morgan fingerprint density at radius 2 is 1.29 bits per heavy atom. The van der Waals surface area contributed by atoms with Gasteiger partial charge in [0.05, 0.1) is 13.2 Å². The van der Waals surface area contributed by atoms with Gasteiger partial charge in [-0.2, -0.15) is 0 Å². The summed E-state index contributed by atoms with van der Waals surface area (Å²) in [7, 11) is 0. The first-order valence-corrected chi connectivity index (χ1v) is 8.13. The second-order valence-corrected chi connectivity index (χ2v) is 6.38. The molecule has 100 valence electrons. The molecule has 0 amide bonds. The minimum absolute atomic E-state index is 0.127. The van der Waals surface area contributed by atoms with Gasteiger partial charge >= 0.3 is 11.9 Å². The molecule has 0 N–H and O–H groups in total. The van der Waals surface area contributed by atoms with Crippen LogP contribution in [-0.2, 0) is 19.1 Å². The van der Waals surface area contributed by atoms with E-state index in [1.807, 2.05) is 0 Å². The van der Waals surface area contributed by atoms with Crippen molar-refractivity contribution in [2.45, 2.75) is 41.0 Å². The van der Waals surface area contributed by atoms with Crippen LogP contribution >= 0.6 is 45.2 Å². The van der Waals surface area contributed by atoms with Crippen molar-refractivity contribution in [3.05, 3.63) is 0 Å². The molecule has 0 aromatic rings. The Balaban J connectivity index is 3.75. The average Bonchev–Trinajstić information content (AvgIpc) is 2.29. The number of hydrogen-bond acceptors (Lipinski definition) is 4. The van der Waals surface area contributed by atoms with Gasteiger partial charge in [0, 0.05) is 0 Å². The summed E-state index contributed by atoms with van der Waals surface area (Å²) < 4.78 is 9.56. The van der Waals surface area contributed by atoms with E-state index < -0.39 is 0 Å². The molecular weight excluding hydrogens is 450 g/mol. The van der Waals surface area contributed by atoms with Crippen LogP contribution in [0.4, 0.5) is 0 Å². The van der Waals surface area contributed by atoms with Crippen molar-refractivity contribution in [2.24, 2.45) is 0 Å². The maximum absolute atomic E-state index is 11.3. The Kier molecular flexibility index (Phi) is 10.6. The first kappa shape index (κ1) is 17.4. The summed E-state index contributed by atoms with van der Waals surface area (Å²) in [4.78, 5) is 22.7. The zero-order chi connectivity index (χ0) is 13.3. The van der Waals surface area contributed by atoms with Gasteiger partial charge in [0.15, 0.2) is 0 Å². The topological polar surface area (TPSA) is 52.6 Å². The van der Waals surface area contributed by atoms with Gasteiger partial charge in [0.1, 0.15) is 7.85 Å². The summed E-state index contributed by atoms with van der Waals surface area (Å²) in [6.45, 7) is 4.41. The third-order valence-electron chi connectivity index (χ3n) is 2.00. The van der Waals surface area contributed by atoms with Gasteiger partial charge in [0.25, 0.3) is 0 Å². The highest BCUT2D eigenvalue weighted by atomic mass is 127. The third-order valence-corrected chi connectivity index (χ3v) is 4.26. The summed E-state index contributed by atoms with van der Waals surface area (Å²) in [5.41, 5.74) is 0. The summed E-state index contributed by atoms with van der Waals surface area (Å²) in [6.07, 6.45) is 2.29. The van der Waals surface area contributed by atoms with Gasteiger partial charge in [-0.3, -0.25) is 9.59 Å². The van der Waals surface area contributed by atoms with Crippen LogP contribution in [-0.4, -0.2) is 33.0 Å². The molecule has 0 fully saturated rings. The zero-order valence-corrected chi connectivity index (χ0v) is 14.4. The van der Waals surface area contributed by atoms with Crippen LogP contribution in [0.1, 0.15) is 33.1 Å². The molecule has 0 saturated heterocycles. The predicted octanol–water partition coefficient (Wildman–Crippen LogP) is 2.89. The van der Waals surface area contributed by atoms with E-state index in [9.17, 15) is 9.59 Å². The Bertz CT molecular complexity index is 222. The monoisotopic (exact) mass is 468 g/mol. The molecule has 17 heavy (non-hydrogen) atoms. The van der Waals surface area contributed by atoms with Crippen molar-refractivity contribution < 1.29 is 19.1 Å². The predicted molar refractivity (Wildman–Crippen MR) is 82.7 cm³/mol. The van der Waals surface area contributed by atoms with E-state index in [2.05, 4.69) is 45.2 Å². The van der Waals surface area contributed by atoms with Crippen LogP contribution in [0.5, 0.6) is 0 Å². The summed E-state index contributed by atoms with van der Waals surface area (Å²) in [6, 6.07) is 0. The Labute approximate surface area is 129 Å². The molecule has 4 nitrogen and oxygen atoms in total. The first-order chi connectivity index (χ1) is 8.02. The second-order valence-electron chi connectivity index (χ2n) is 3.37. The van der Waals surface area contributed by atoms with E-state index in [1.54, 1.807) is 13.8 Å². The zero-order valence-electron chi connectivity index (χ0n) is 10.1. The molecule has 0 rings (SSSR count). The van der Waals surface area contributed by atoms with Crippen LogP contribution in [0.2, 0.25) is 0 Å². The number of esters is 2. The molecule has 0 heterocycles. The molecule has 2 atom stereocenters. The van der Waals surface area contributed by atoms with Crippen molar-refractivity contribution in [1.29, 1.82) is 0 Å². The lowest BCUT2D eigenvalue weighted by atomic mass is 10.1. The Hall–Kier alpha value is 0.400. The minimum Gasteiger partial charge on any atom is -0.465 e. The van der Waals surface area contributed by atoms with Crippen LogP contribution in [0.25, 0.3) is 0 Å². The van der Waals surface area contributed by atoms with Gasteiger partial charge in [-0.25, -0.2) is 0 Å². The number of ether oxygens (including phenoxy) is 2. The second kappa shape index (κ2) is 10.3. The molecule has 0 spiro atoms. The van der Waals surface area contributed by atoms with E-state index in [-0.39, 0.29) is 19.8 Å². The number of carbonyl (C=O) groups excluding carboxylic acids is 2. The largest absolute Gasteiger partial charge is 0.465 e. The van der Waals surface area contributed by atoms with Gasteiger partial charge in [-0.15, -0.1) is 0 Å². The standard InChI is InChI=1S/C11H18I2O4/c1-3-16-10(14)8(12)6-5-7-9(13)11(15)17-4-2/h8-9H,3-7H2,1-2H3. The van der Waals surface area contributed by atoms with Crippen LogP contribution in [0, 0.1) is 0 Å². The van der Waals surface area contributed by atoms with Crippen molar-refractivity contribution in [1.82, 2.24) is 0 Å². The highest BCUT2D eigenvalue weighted by molar-refractivity contribution is 14.1. The van der Waals surface area contributed by atoms with E-state index in [0.717, 1.165) is 19.3 Å². The van der Waals surface area contributed by atoms with E-state index in [1.165, 1.54) is 0 Å². The first-order valence-electron chi connectivity index (χ1n) is 5.64. The molecule has 0 radical (unpaired) electrons. The molecule has 0 bridgehead atoms. The molecule has 2 unspecified atom stereocenters. The highest BCUT2D eigenvalue weighted by Crippen LogP contribution is 2.17. The summed E-state index contributed by atoms with van der Waals surface area (Å²) in [5, 5.41) is 0. The third kappa shape index (κ3) is 8.17. The number of rotatable bonds is 8. The fraction of sp³-hybridized carbons (Fsp3) is 0.818. The maximum atomic E-state index is 11.3. The number of hydrogen-bond donors (Lipinski definition) is 0. The lowest BCUT2D eigenvalue weighted by Gasteiger charge is -2.11. The number of carbonyl (C=O) groups is 2. The molecule has 0 aliphatic carbocycles. The van der Waals surface area contributed by atoms with E-state index in [4.69, 9.17) is 9.47 Å². The van der Waals surface area contributed by atoms with Crippen molar-refractivity contribution >= 4 is 57.1 Å². The summed E-state index contributed by atoms with van der Waals surface area (Å²) in [5.74, 6) is -0.344. The minimum atomic E-state index is -0.172. The molecule has 0 saturated carbocycles. The molecule has 0 aliphatic rings. The molecule has 6 heteroatoms. The van der Waals surface area contributed by atoms with Crippen LogP contribution in [0.3, 0.4) is 0 Å². The average molecular weight is 468 g/mol. The van der Waals surface area contributed by atoms with E-state index in [0.29, 0.717) is 13.2 Å². The molecule has 0 aliphatic heterocycles. The van der Waals surface area contributed by atoms with Crippen molar-refractivity contribution in [2.75, 3.05) is 13.2 Å². The highest BCUT2D eigenvalue weighted by Gasteiger charge is 2.19. The normalized spacial score (nSPS) is 13.9. The summed E-state index contributed by atoms with van der Waals surface area (Å²) >= 11 is 4.16.